The van der Waals surface area contributed by atoms with Gasteiger partial charge in [-0.2, -0.15) is 13.2 Å². The number of fused-ring (bicyclic) bond motifs is 1. The van der Waals surface area contributed by atoms with Gasteiger partial charge in [0.2, 0.25) is 5.91 Å². The summed E-state index contributed by atoms with van der Waals surface area (Å²) in [6.07, 6.45) is -2.44. The molecule has 0 saturated carbocycles. The zero-order chi connectivity index (χ0) is 22.3. The molecular formula is C20H24F3N3O4. The van der Waals surface area contributed by atoms with Crippen molar-refractivity contribution < 1.29 is 32.4 Å². The molecule has 1 aromatic carbocycles. The number of hydrogen-bond donors (Lipinski definition) is 2. The Hall–Kier alpha value is -3.04. The lowest BCUT2D eigenvalue weighted by Crippen LogP contribution is -2.38. The second-order valence-electron chi connectivity index (χ2n) is 6.85. The lowest BCUT2D eigenvalue weighted by atomic mass is 10.0. The standard InChI is InChI=1S/C18H23N3O2.C2HF3O2/c1-13-16(14(2)23-20-13)12-18(22)19-9-11-21-10-5-7-15-6-3-4-8-17(15)21;3-2(4,5)1(6)7/h3-4,6,8H,5,7,9-12H2,1-2H3,(H,19,22);(H,6,7). The molecule has 0 unspecified atom stereocenters. The second kappa shape index (κ2) is 10.1. The van der Waals surface area contributed by atoms with Crippen molar-refractivity contribution in [1.29, 1.82) is 0 Å². The van der Waals surface area contributed by atoms with Crippen molar-refractivity contribution >= 4 is 17.6 Å². The van der Waals surface area contributed by atoms with Gasteiger partial charge in [0.05, 0.1) is 12.1 Å². The monoisotopic (exact) mass is 427 g/mol. The number of benzene rings is 1. The lowest BCUT2D eigenvalue weighted by Gasteiger charge is -2.31. The van der Waals surface area contributed by atoms with E-state index in [0.717, 1.165) is 36.5 Å². The van der Waals surface area contributed by atoms with Crippen LogP contribution in [0.4, 0.5) is 18.9 Å². The zero-order valence-corrected chi connectivity index (χ0v) is 16.8. The Morgan fingerprint density at radius 3 is 2.53 bits per heavy atom. The fourth-order valence-electron chi connectivity index (χ4n) is 3.15. The van der Waals surface area contributed by atoms with E-state index in [1.165, 1.54) is 17.7 Å². The first-order valence-corrected chi connectivity index (χ1v) is 9.41. The molecule has 30 heavy (non-hydrogen) atoms. The van der Waals surface area contributed by atoms with E-state index in [-0.39, 0.29) is 5.91 Å². The number of para-hydroxylation sites is 1. The first kappa shape index (κ1) is 23.2. The Bertz CT molecular complexity index is 861. The maximum atomic E-state index is 12.1. The quantitative estimate of drug-likeness (QED) is 0.762. The molecule has 0 fully saturated rings. The van der Waals surface area contributed by atoms with Gasteiger partial charge in [-0.1, -0.05) is 23.4 Å². The van der Waals surface area contributed by atoms with Gasteiger partial charge >= 0.3 is 12.1 Å². The van der Waals surface area contributed by atoms with Crippen LogP contribution in [0.3, 0.4) is 0 Å². The summed E-state index contributed by atoms with van der Waals surface area (Å²) in [5.74, 6) is -2.01. The maximum absolute atomic E-state index is 12.1. The van der Waals surface area contributed by atoms with E-state index < -0.39 is 12.1 Å². The number of nitrogens with one attached hydrogen (secondary N) is 1. The average Bonchev–Trinajstić information content (AvgIpc) is 3.00. The summed E-state index contributed by atoms with van der Waals surface area (Å²) in [5, 5.41) is 14.0. The minimum atomic E-state index is -5.08. The molecule has 2 heterocycles. The molecule has 0 aliphatic carbocycles. The molecule has 2 aromatic rings. The van der Waals surface area contributed by atoms with Crippen LogP contribution in [0.1, 0.15) is 29.0 Å². The molecule has 164 valence electrons. The van der Waals surface area contributed by atoms with E-state index in [1.54, 1.807) is 0 Å². The van der Waals surface area contributed by atoms with Gasteiger partial charge in [-0.15, -0.1) is 0 Å². The van der Waals surface area contributed by atoms with Gasteiger partial charge in [-0.25, -0.2) is 4.79 Å². The third-order valence-electron chi connectivity index (χ3n) is 4.67. The lowest BCUT2D eigenvalue weighted by molar-refractivity contribution is -0.192. The Balaban J connectivity index is 0.000000396. The summed E-state index contributed by atoms with van der Waals surface area (Å²) < 4.78 is 36.8. The van der Waals surface area contributed by atoms with Crippen molar-refractivity contribution in [3.8, 4) is 0 Å². The SMILES string of the molecule is Cc1noc(C)c1CC(=O)NCCN1CCCc2ccccc21.O=C(O)C(F)(F)F. The summed E-state index contributed by atoms with van der Waals surface area (Å²) in [6.45, 7) is 6.24. The Morgan fingerprint density at radius 1 is 1.27 bits per heavy atom. The number of rotatable bonds is 5. The second-order valence-corrected chi connectivity index (χ2v) is 6.85. The largest absolute Gasteiger partial charge is 0.490 e. The fraction of sp³-hybridized carbons (Fsp3) is 0.450. The molecule has 0 saturated heterocycles. The van der Waals surface area contributed by atoms with Gasteiger partial charge in [-0.05, 0) is 38.3 Å². The smallest absolute Gasteiger partial charge is 0.475 e. The molecule has 2 N–H and O–H groups in total. The molecule has 1 aliphatic heterocycles. The van der Waals surface area contributed by atoms with E-state index in [4.69, 9.17) is 14.4 Å². The minimum Gasteiger partial charge on any atom is -0.475 e. The van der Waals surface area contributed by atoms with Crippen LogP contribution >= 0.6 is 0 Å². The van der Waals surface area contributed by atoms with Gasteiger partial charge < -0.3 is 19.8 Å². The Labute approximate surface area is 171 Å². The van der Waals surface area contributed by atoms with Crippen molar-refractivity contribution in [3.63, 3.8) is 0 Å². The third kappa shape index (κ3) is 6.50. The van der Waals surface area contributed by atoms with Crippen LogP contribution in [0, 0.1) is 13.8 Å². The molecule has 3 rings (SSSR count). The van der Waals surface area contributed by atoms with E-state index in [2.05, 4.69) is 39.6 Å². The Kier molecular flexibility index (Phi) is 7.85. The van der Waals surface area contributed by atoms with Crippen LogP contribution in [-0.2, 0) is 22.4 Å². The summed E-state index contributed by atoms with van der Waals surface area (Å²) in [5.41, 5.74) is 4.40. The molecule has 10 heteroatoms. The average molecular weight is 427 g/mol. The molecule has 0 radical (unpaired) electrons. The third-order valence-corrected chi connectivity index (χ3v) is 4.67. The molecular weight excluding hydrogens is 403 g/mol. The topological polar surface area (TPSA) is 95.7 Å². The first-order valence-electron chi connectivity index (χ1n) is 9.41. The predicted molar refractivity (Wildman–Crippen MR) is 103 cm³/mol. The highest BCUT2D eigenvalue weighted by molar-refractivity contribution is 5.79. The summed E-state index contributed by atoms with van der Waals surface area (Å²) in [7, 11) is 0. The number of alkyl halides is 3. The number of aliphatic carboxylic acids is 1. The highest BCUT2D eigenvalue weighted by atomic mass is 19.4. The number of carboxylic acids is 1. The maximum Gasteiger partial charge on any atom is 0.490 e. The van der Waals surface area contributed by atoms with Crippen molar-refractivity contribution in [2.24, 2.45) is 0 Å². The molecule has 0 atom stereocenters. The highest BCUT2D eigenvalue weighted by Gasteiger charge is 2.38. The van der Waals surface area contributed by atoms with Crippen molar-refractivity contribution in [2.75, 3.05) is 24.5 Å². The number of hydrogen-bond acceptors (Lipinski definition) is 5. The van der Waals surface area contributed by atoms with Crippen LogP contribution < -0.4 is 10.2 Å². The number of carbonyl (C=O) groups excluding carboxylic acids is 1. The van der Waals surface area contributed by atoms with Gasteiger partial charge in [0.1, 0.15) is 5.76 Å². The van der Waals surface area contributed by atoms with E-state index >= 15 is 0 Å². The fourth-order valence-corrected chi connectivity index (χ4v) is 3.15. The minimum absolute atomic E-state index is 0.0182. The molecule has 0 bridgehead atoms. The highest BCUT2D eigenvalue weighted by Crippen LogP contribution is 2.26. The van der Waals surface area contributed by atoms with Crippen molar-refractivity contribution in [2.45, 2.75) is 39.3 Å². The zero-order valence-electron chi connectivity index (χ0n) is 16.8. The van der Waals surface area contributed by atoms with Gasteiger partial charge in [0.25, 0.3) is 0 Å². The number of carboxylic acid groups (broad SMARTS) is 1. The van der Waals surface area contributed by atoms with E-state index in [0.29, 0.717) is 13.0 Å². The van der Waals surface area contributed by atoms with Crippen LogP contribution in [0.25, 0.3) is 0 Å². The van der Waals surface area contributed by atoms with Crippen LogP contribution in [0.5, 0.6) is 0 Å². The first-order chi connectivity index (χ1) is 14.1. The van der Waals surface area contributed by atoms with Gasteiger partial charge in [0.15, 0.2) is 0 Å². The summed E-state index contributed by atoms with van der Waals surface area (Å²) >= 11 is 0. The normalized spacial score (nSPS) is 13.2. The number of anilines is 1. The number of nitrogens with zero attached hydrogens (tertiary/aromatic N) is 2. The number of aryl methyl sites for hydroxylation is 3. The molecule has 7 nitrogen and oxygen atoms in total. The van der Waals surface area contributed by atoms with Crippen LogP contribution in [-0.4, -0.2) is 48.0 Å². The number of carbonyl (C=O) groups is 2. The van der Waals surface area contributed by atoms with Crippen LogP contribution in [0.2, 0.25) is 0 Å². The number of halogens is 3. The van der Waals surface area contributed by atoms with E-state index in [1.807, 2.05) is 13.8 Å². The summed E-state index contributed by atoms with van der Waals surface area (Å²) in [4.78, 5) is 23.4. The summed E-state index contributed by atoms with van der Waals surface area (Å²) in [6, 6.07) is 8.53. The van der Waals surface area contributed by atoms with Gasteiger partial charge in [-0.3, -0.25) is 4.79 Å². The van der Waals surface area contributed by atoms with E-state index in [9.17, 15) is 18.0 Å². The van der Waals surface area contributed by atoms with Crippen LogP contribution in [0.15, 0.2) is 28.8 Å². The Morgan fingerprint density at radius 2 is 1.93 bits per heavy atom. The molecule has 0 spiro atoms. The van der Waals surface area contributed by atoms with Crippen molar-refractivity contribution in [1.82, 2.24) is 10.5 Å². The number of aromatic nitrogens is 1. The molecule has 1 amide bonds. The predicted octanol–water partition coefficient (Wildman–Crippen LogP) is 3.04. The molecule has 1 aliphatic rings. The number of amides is 1. The van der Waals surface area contributed by atoms with Crippen molar-refractivity contribution in [3.05, 3.63) is 46.8 Å². The van der Waals surface area contributed by atoms with Gasteiger partial charge in [0, 0.05) is 30.9 Å². The molecule has 1 aromatic heterocycles.